The third-order valence-electron chi connectivity index (χ3n) is 12.3. The third-order valence-corrected chi connectivity index (χ3v) is 14.5. The topological polar surface area (TPSA) is 216 Å². The number of ether oxygens (including phenoxy) is 2. The Morgan fingerprint density at radius 1 is 0.912 bits per heavy atom. The number of aromatic nitrogens is 6. The first-order chi connectivity index (χ1) is 32.4. The molecule has 5 atom stereocenters. The van der Waals surface area contributed by atoms with E-state index >= 15 is 0 Å². The molecular formula is C49H54N10O7S2. The average molecular weight is 959 g/mol. The Balaban J connectivity index is 0.905. The van der Waals surface area contributed by atoms with E-state index in [0.29, 0.717) is 17.5 Å². The van der Waals surface area contributed by atoms with Crippen LogP contribution in [0, 0.1) is 33.1 Å². The van der Waals surface area contributed by atoms with Gasteiger partial charge in [0, 0.05) is 34.5 Å². The van der Waals surface area contributed by atoms with Crippen molar-refractivity contribution < 1.29 is 33.8 Å². The van der Waals surface area contributed by atoms with Gasteiger partial charge in [0.05, 0.1) is 59.9 Å². The maximum absolute atomic E-state index is 14.2. The number of thiophene rings is 1. The summed E-state index contributed by atoms with van der Waals surface area (Å²) in [6.45, 7) is 14.8. The van der Waals surface area contributed by atoms with Crippen molar-refractivity contribution in [2.45, 2.75) is 98.5 Å². The summed E-state index contributed by atoms with van der Waals surface area (Å²) in [7, 11) is 1.35. The minimum atomic E-state index is -1.04. The highest BCUT2D eigenvalue weighted by molar-refractivity contribution is 7.15. The number of nitrogens with zero attached hydrogens (tertiary/aromatic N) is 8. The Morgan fingerprint density at radius 3 is 2.24 bits per heavy atom. The van der Waals surface area contributed by atoms with Crippen LogP contribution in [0.3, 0.4) is 0 Å². The summed E-state index contributed by atoms with van der Waals surface area (Å²) < 4.78 is 12.8. The highest BCUT2D eigenvalue weighted by Crippen LogP contribution is 2.40. The van der Waals surface area contributed by atoms with Crippen LogP contribution in [-0.4, -0.2) is 108 Å². The van der Waals surface area contributed by atoms with Crippen molar-refractivity contribution >= 4 is 52.1 Å². The quantitative estimate of drug-likeness (QED) is 0.108. The first-order valence-electron chi connectivity index (χ1n) is 22.2. The monoisotopic (exact) mass is 958 g/mol. The number of amides is 3. The van der Waals surface area contributed by atoms with Crippen molar-refractivity contribution in [1.82, 2.24) is 45.2 Å². The number of carbonyl (C=O) groups excluding carboxylic acids is 4. The predicted octanol–water partition coefficient (Wildman–Crippen LogP) is 6.35. The second-order valence-corrected chi connectivity index (χ2v) is 20.2. The van der Waals surface area contributed by atoms with E-state index in [9.17, 15) is 24.3 Å². The molecule has 0 bridgehead atoms. The number of carbonyl (C=O) groups is 4. The molecule has 0 saturated carbocycles. The number of rotatable bonds is 13. The Morgan fingerprint density at radius 2 is 1.59 bits per heavy atom. The number of β-amino-alcohol motifs (C(OH)–C–C–N with tert-alkyl or cyclic N) is 1. The van der Waals surface area contributed by atoms with Crippen LogP contribution in [0.1, 0.15) is 97.1 Å². The highest BCUT2D eigenvalue weighted by Gasteiger charge is 2.45. The second-order valence-electron chi connectivity index (χ2n) is 18.2. The van der Waals surface area contributed by atoms with Gasteiger partial charge in [-0.25, -0.2) is 15.0 Å². The molecule has 0 aliphatic carbocycles. The van der Waals surface area contributed by atoms with Crippen LogP contribution < -0.4 is 15.4 Å². The molecule has 0 radical (unpaired) electrons. The van der Waals surface area contributed by atoms with Gasteiger partial charge in [0.25, 0.3) is 5.91 Å². The normalized spacial score (nSPS) is 17.6. The summed E-state index contributed by atoms with van der Waals surface area (Å²) in [5.41, 5.74) is 8.23. The van der Waals surface area contributed by atoms with E-state index in [1.165, 1.54) is 24.4 Å². The van der Waals surface area contributed by atoms with Gasteiger partial charge in [0.15, 0.2) is 24.0 Å². The molecule has 6 aromatic rings. The molecular weight excluding hydrogens is 905 g/mol. The summed E-state index contributed by atoms with van der Waals surface area (Å²) in [5.74, 6) is 0.0842. The van der Waals surface area contributed by atoms with E-state index < -0.39 is 59.9 Å². The number of hydrogen-bond acceptors (Lipinski definition) is 15. The lowest BCUT2D eigenvalue weighted by atomic mass is 9.85. The van der Waals surface area contributed by atoms with Gasteiger partial charge in [0.1, 0.15) is 29.0 Å². The fraction of sp³-hybridized carbons (Fsp3) is 0.388. The number of aliphatic hydroxyl groups is 1. The zero-order valence-electron chi connectivity index (χ0n) is 39.4. The minimum Gasteiger partial charge on any atom is -0.481 e. The molecule has 354 valence electrons. The van der Waals surface area contributed by atoms with E-state index in [0.717, 1.165) is 59.5 Å². The largest absolute Gasteiger partial charge is 0.481 e. The van der Waals surface area contributed by atoms with Crippen molar-refractivity contribution in [3.8, 4) is 32.6 Å². The molecule has 1 saturated heterocycles. The maximum Gasteiger partial charge on any atom is 0.308 e. The molecule has 17 nitrogen and oxygen atoms in total. The van der Waals surface area contributed by atoms with Gasteiger partial charge in [-0.2, -0.15) is 0 Å². The number of aliphatic hydroxyl groups excluding tert-OH is 1. The van der Waals surface area contributed by atoms with Crippen molar-refractivity contribution in [1.29, 1.82) is 0 Å². The lowest BCUT2D eigenvalue weighted by Crippen LogP contribution is -2.58. The van der Waals surface area contributed by atoms with Gasteiger partial charge < -0.3 is 30.1 Å². The summed E-state index contributed by atoms with van der Waals surface area (Å²) >= 11 is 3.19. The second kappa shape index (κ2) is 19.5. The Kier molecular flexibility index (Phi) is 13.7. The molecule has 8 rings (SSSR count). The Hall–Kier alpha value is -6.70. The predicted molar refractivity (Wildman–Crippen MR) is 258 cm³/mol. The van der Waals surface area contributed by atoms with E-state index in [2.05, 4.69) is 49.6 Å². The number of methoxy groups -OCH3 is 1. The Bertz CT molecular complexity index is 2880. The molecule has 19 heteroatoms. The number of thiazole rings is 1. The first-order valence-corrected chi connectivity index (χ1v) is 23.9. The van der Waals surface area contributed by atoms with E-state index in [4.69, 9.17) is 14.5 Å². The van der Waals surface area contributed by atoms with Gasteiger partial charge in [-0.1, -0.05) is 69.3 Å². The fourth-order valence-electron chi connectivity index (χ4n) is 8.45. The van der Waals surface area contributed by atoms with E-state index in [1.54, 1.807) is 22.7 Å². The number of hydrogen-bond donors (Lipinski definition) is 3. The van der Waals surface area contributed by atoms with Crippen molar-refractivity contribution in [2.75, 3.05) is 20.3 Å². The van der Waals surface area contributed by atoms with Crippen LogP contribution >= 0.6 is 22.7 Å². The lowest BCUT2D eigenvalue weighted by Gasteiger charge is -2.35. The highest BCUT2D eigenvalue weighted by atomic mass is 32.1. The molecule has 3 N–H and O–H groups in total. The molecule has 2 aliphatic rings. The molecule has 3 amide bonds. The zero-order valence-corrected chi connectivity index (χ0v) is 41.0. The van der Waals surface area contributed by atoms with Crippen LogP contribution in [0.25, 0.3) is 26.8 Å². The summed E-state index contributed by atoms with van der Waals surface area (Å²) in [6, 6.07) is 12.6. The standard InChI is InChI=1S/C49H54N10O7S2/c1-25-28(4)68-48-40(25)41(54-36(19-39(62)65-9)45-57-56-29(5)59(45)48)31-12-16-33(17-13-31)44-50-20-35(21-51-44)66-23-38(61)55-43(49(6,7)8)47(64)58-22-34(60)18-37(58)46(63)53-26(2)30-10-14-32(15-11-30)42-27(3)52-24-67-42/h10-17,20-21,24,26,34,36-37,43,60H,18-19,22-23H2,1-9H3,(H,53,63)(H,55,61)/t26-,34+,36-,37-,43?/m0/s1. The van der Waals surface area contributed by atoms with Crippen molar-refractivity contribution in [2.24, 2.45) is 10.4 Å². The summed E-state index contributed by atoms with van der Waals surface area (Å²) in [4.78, 5) is 75.9. The fourth-order valence-corrected chi connectivity index (χ4v) is 10.5. The SMILES string of the molecule is COC(=O)C[C@@H]1N=C(c2ccc(-c3ncc(OCC(=O)NC(C(=O)N4C[C@H](O)C[C@H]4C(=O)N[C@@H](C)c4ccc(-c5scnc5C)cc4)C(C)(C)C)cn3)cc2)c2c(sc(C)c2C)-n2c(C)nnc21. The maximum atomic E-state index is 14.2. The average Bonchev–Trinajstić information content (AvgIpc) is 4.09. The number of esters is 1. The molecule has 6 heterocycles. The molecule has 0 spiro atoms. The van der Waals surface area contributed by atoms with Crippen LogP contribution in [0.15, 0.2) is 71.4 Å². The van der Waals surface area contributed by atoms with Crippen LogP contribution in [0.4, 0.5) is 0 Å². The first kappa shape index (κ1) is 47.8. The van der Waals surface area contributed by atoms with Crippen LogP contribution in [0.2, 0.25) is 0 Å². The minimum absolute atomic E-state index is 0.00127. The molecule has 1 fully saturated rings. The number of nitrogens with one attached hydrogen (secondary N) is 2. The number of fused-ring (bicyclic) bond motifs is 3. The molecule has 2 aliphatic heterocycles. The summed E-state index contributed by atoms with van der Waals surface area (Å²) in [5, 5.41) is 26.2. The number of aliphatic imine (C=N–C) groups is 1. The smallest absolute Gasteiger partial charge is 0.308 e. The number of aryl methyl sites for hydroxylation is 3. The van der Waals surface area contributed by atoms with Crippen molar-refractivity contribution in [3.05, 3.63) is 111 Å². The van der Waals surface area contributed by atoms with Crippen molar-refractivity contribution in [3.63, 3.8) is 0 Å². The van der Waals surface area contributed by atoms with Gasteiger partial charge in [-0.15, -0.1) is 32.9 Å². The number of likely N-dealkylation sites (tertiary alicyclic amines) is 1. The molecule has 68 heavy (non-hydrogen) atoms. The third kappa shape index (κ3) is 9.82. The van der Waals surface area contributed by atoms with Gasteiger partial charge >= 0.3 is 5.97 Å². The lowest BCUT2D eigenvalue weighted by molar-refractivity contribution is -0.144. The molecule has 2 aromatic carbocycles. The number of benzene rings is 2. The van der Waals surface area contributed by atoms with E-state index in [1.807, 2.05) is 100 Å². The summed E-state index contributed by atoms with van der Waals surface area (Å²) in [6.07, 6.45) is 2.09. The van der Waals surface area contributed by atoms with Crippen LogP contribution in [-0.2, 0) is 23.9 Å². The van der Waals surface area contributed by atoms with E-state index in [-0.39, 0.29) is 31.2 Å². The Labute approximate surface area is 402 Å². The van der Waals surface area contributed by atoms with Gasteiger partial charge in [-0.3, -0.25) is 28.7 Å². The van der Waals surface area contributed by atoms with Crippen LogP contribution in [0.5, 0.6) is 5.75 Å². The zero-order chi connectivity index (χ0) is 48.6. The van der Waals surface area contributed by atoms with Gasteiger partial charge in [-0.05, 0) is 56.7 Å². The molecule has 1 unspecified atom stereocenters. The molecule has 4 aromatic heterocycles. The van der Waals surface area contributed by atoms with Gasteiger partial charge in [0.2, 0.25) is 11.8 Å².